The third-order valence-electron chi connectivity index (χ3n) is 10.8. The predicted molar refractivity (Wildman–Crippen MR) is 226 cm³/mol. The number of aromatic nitrogens is 4. The average molecular weight is 695 g/mol. The molecule has 0 spiro atoms. The Labute approximate surface area is 314 Å². The minimum atomic E-state index is 0.937. The second-order valence-corrected chi connectivity index (χ2v) is 14.7. The molecule has 0 unspecified atom stereocenters. The molecule has 10 rings (SSSR count). The van der Waals surface area contributed by atoms with Gasteiger partial charge < -0.3 is 9.13 Å². The van der Waals surface area contributed by atoms with Gasteiger partial charge in [-0.25, -0.2) is 0 Å². The number of aryl methyl sites for hydroxylation is 4. The molecule has 0 saturated carbocycles. The van der Waals surface area contributed by atoms with Gasteiger partial charge in [-0.05, 0) is 136 Å². The Morgan fingerprint density at radius 1 is 0.315 bits per heavy atom. The van der Waals surface area contributed by atoms with Crippen molar-refractivity contribution in [2.45, 2.75) is 27.7 Å². The molecule has 0 aliphatic heterocycles. The van der Waals surface area contributed by atoms with Crippen LogP contribution in [-0.2, 0) is 0 Å². The molecule has 10 aromatic rings. The summed E-state index contributed by atoms with van der Waals surface area (Å²) in [6.07, 6.45) is 3.81. The van der Waals surface area contributed by atoms with E-state index in [0.717, 1.165) is 45.0 Å². The van der Waals surface area contributed by atoms with E-state index >= 15 is 0 Å². The van der Waals surface area contributed by atoms with Crippen molar-refractivity contribution in [1.82, 2.24) is 19.1 Å². The highest BCUT2D eigenvalue weighted by Gasteiger charge is 2.15. The van der Waals surface area contributed by atoms with Crippen LogP contribution in [0.25, 0.3) is 88.6 Å². The van der Waals surface area contributed by atoms with Crippen LogP contribution < -0.4 is 0 Å². The summed E-state index contributed by atoms with van der Waals surface area (Å²) in [7, 11) is 0. The first-order chi connectivity index (χ1) is 26.4. The Morgan fingerprint density at radius 3 is 0.944 bits per heavy atom. The second kappa shape index (κ2) is 12.4. The van der Waals surface area contributed by atoms with E-state index in [1.807, 2.05) is 12.4 Å². The molecule has 6 aromatic carbocycles. The summed E-state index contributed by atoms with van der Waals surface area (Å²) in [5.74, 6) is 0. The zero-order valence-electron chi connectivity index (χ0n) is 30.8. The maximum Gasteiger partial charge on any atom is 0.0708 e. The molecule has 258 valence electrons. The monoisotopic (exact) mass is 694 g/mol. The standard InChI is InChI=1S/C50H38N4/c1-31-5-17-47-41(25-31)42-26-32(2)6-18-48(42)53(47)39-13-9-35(10-14-39)45-29-37(21-23-51-45)38-22-24-52-46(30-38)36-11-15-40(16-12-36)54-49-19-7-33(3)27-43(49)44-28-34(4)8-20-50(44)54/h5-30H,1-4H3. The first kappa shape index (κ1) is 31.9. The van der Waals surface area contributed by atoms with Crippen LogP contribution in [0.15, 0.2) is 158 Å². The van der Waals surface area contributed by atoms with Crippen molar-refractivity contribution in [2.24, 2.45) is 0 Å². The van der Waals surface area contributed by atoms with Gasteiger partial charge >= 0.3 is 0 Å². The molecule has 0 N–H and O–H groups in total. The van der Waals surface area contributed by atoms with Gasteiger partial charge in [-0.3, -0.25) is 9.97 Å². The van der Waals surface area contributed by atoms with E-state index in [1.165, 1.54) is 65.9 Å². The number of pyridine rings is 2. The van der Waals surface area contributed by atoms with Crippen molar-refractivity contribution in [3.63, 3.8) is 0 Å². The van der Waals surface area contributed by atoms with Crippen LogP contribution in [0.5, 0.6) is 0 Å². The normalized spacial score (nSPS) is 11.7. The molecule has 0 aliphatic rings. The predicted octanol–water partition coefficient (Wildman–Crippen LogP) is 12.9. The van der Waals surface area contributed by atoms with Gasteiger partial charge in [-0.1, -0.05) is 70.8 Å². The molecule has 0 atom stereocenters. The highest BCUT2D eigenvalue weighted by molar-refractivity contribution is 6.10. The minimum Gasteiger partial charge on any atom is -0.309 e. The maximum absolute atomic E-state index is 4.79. The van der Waals surface area contributed by atoms with Crippen LogP contribution in [0.2, 0.25) is 0 Å². The average Bonchev–Trinajstić information content (AvgIpc) is 3.69. The van der Waals surface area contributed by atoms with Crippen molar-refractivity contribution < 1.29 is 0 Å². The molecule has 54 heavy (non-hydrogen) atoms. The molecule has 4 heteroatoms. The Hall–Kier alpha value is -6.78. The van der Waals surface area contributed by atoms with Gasteiger partial charge in [0, 0.05) is 56.4 Å². The van der Waals surface area contributed by atoms with E-state index in [0.29, 0.717) is 0 Å². The summed E-state index contributed by atoms with van der Waals surface area (Å²) in [5.41, 5.74) is 18.4. The van der Waals surface area contributed by atoms with Crippen LogP contribution in [0, 0.1) is 27.7 Å². The number of nitrogens with zero attached hydrogens (tertiary/aromatic N) is 4. The second-order valence-electron chi connectivity index (χ2n) is 14.7. The number of hydrogen-bond acceptors (Lipinski definition) is 2. The van der Waals surface area contributed by atoms with Crippen molar-refractivity contribution in [2.75, 3.05) is 0 Å². The van der Waals surface area contributed by atoms with E-state index in [-0.39, 0.29) is 0 Å². The van der Waals surface area contributed by atoms with Gasteiger partial charge in [-0.15, -0.1) is 0 Å². The highest BCUT2D eigenvalue weighted by Crippen LogP contribution is 2.36. The lowest BCUT2D eigenvalue weighted by Gasteiger charge is -2.11. The molecule has 0 fully saturated rings. The quantitative estimate of drug-likeness (QED) is 0.180. The third-order valence-corrected chi connectivity index (χ3v) is 10.8. The summed E-state index contributed by atoms with van der Waals surface area (Å²) in [6.45, 7) is 8.64. The van der Waals surface area contributed by atoms with Gasteiger partial charge in [0.05, 0.1) is 33.5 Å². The van der Waals surface area contributed by atoms with Crippen LogP contribution in [-0.4, -0.2) is 19.1 Å². The van der Waals surface area contributed by atoms with Crippen molar-refractivity contribution in [1.29, 1.82) is 0 Å². The zero-order chi connectivity index (χ0) is 36.5. The molecule has 0 amide bonds. The summed E-state index contributed by atoms with van der Waals surface area (Å²) in [5, 5.41) is 5.14. The lowest BCUT2D eigenvalue weighted by atomic mass is 10.0. The van der Waals surface area contributed by atoms with Gasteiger partial charge in [0.15, 0.2) is 0 Å². The van der Waals surface area contributed by atoms with Gasteiger partial charge in [0.2, 0.25) is 0 Å². The Morgan fingerprint density at radius 2 is 0.630 bits per heavy atom. The first-order valence-corrected chi connectivity index (χ1v) is 18.5. The summed E-state index contributed by atoms with van der Waals surface area (Å²) in [4.78, 5) is 9.58. The SMILES string of the molecule is Cc1ccc2c(c1)c1cc(C)ccc1n2-c1ccc(-c2cc(-c3ccnc(-c4ccc(-n5c6ccc(C)cc6c6cc(C)ccc65)cc4)c3)ccn2)cc1. The van der Waals surface area contributed by atoms with Crippen molar-refractivity contribution >= 4 is 43.6 Å². The molecule has 0 aliphatic carbocycles. The largest absolute Gasteiger partial charge is 0.309 e. The molecule has 4 aromatic heterocycles. The minimum absolute atomic E-state index is 0.937. The Balaban J connectivity index is 0.961. The van der Waals surface area contributed by atoms with Gasteiger partial charge in [-0.2, -0.15) is 0 Å². The van der Waals surface area contributed by atoms with Crippen molar-refractivity contribution in [3.05, 3.63) is 180 Å². The van der Waals surface area contributed by atoms with Gasteiger partial charge in [0.1, 0.15) is 0 Å². The number of hydrogen-bond donors (Lipinski definition) is 0. The molecule has 0 bridgehead atoms. The topological polar surface area (TPSA) is 35.6 Å². The van der Waals surface area contributed by atoms with Gasteiger partial charge in [0.25, 0.3) is 0 Å². The summed E-state index contributed by atoms with van der Waals surface area (Å²) < 4.78 is 4.74. The van der Waals surface area contributed by atoms with Crippen LogP contribution in [0.1, 0.15) is 22.3 Å². The fourth-order valence-corrected chi connectivity index (χ4v) is 8.16. The Kier molecular flexibility index (Phi) is 7.34. The van der Waals surface area contributed by atoms with Crippen LogP contribution in [0.4, 0.5) is 0 Å². The van der Waals surface area contributed by atoms with E-state index in [2.05, 4.69) is 182 Å². The van der Waals surface area contributed by atoms with E-state index in [1.54, 1.807) is 0 Å². The zero-order valence-corrected chi connectivity index (χ0v) is 30.8. The highest BCUT2D eigenvalue weighted by atomic mass is 15.0. The Bertz CT molecular complexity index is 2740. The van der Waals surface area contributed by atoms with E-state index < -0.39 is 0 Å². The number of fused-ring (bicyclic) bond motifs is 6. The summed E-state index contributed by atoms with van der Waals surface area (Å²) in [6, 6.07) is 53.0. The maximum atomic E-state index is 4.79. The molecule has 0 saturated heterocycles. The fraction of sp³-hybridized carbons (Fsp3) is 0.0800. The summed E-state index contributed by atoms with van der Waals surface area (Å²) >= 11 is 0. The molecule has 0 radical (unpaired) electrons. The lowest BCUT2D eigenvalue weighted by molar-refractivity contribution is 1.18. The molecular formula is C50H38N4. The molecular weight excluding hydrogens is 657 g/mol. The van der Waals surface area contributed by atoms with Crippen molar-refractivity contribution in [3.8, 4) is 45.0 Å². The third kappa shape index (κ3) is 5.30. The first-order valence-electron chi connectivity index (χ1n) is 18.5. The lowest BCUT2D eigenvalue weighted by Crippen LogP contribution is -1.94. The van der Waals surface area contributed by atoms with Crippen LogP contribution in [0.3, 0.4) is 0 Å². The number of rotatable bonds is 5. The number of benzene rings is 6. The van der Waals surface area contributed by atoms with Crippen LogP contribution >= 0.6 is 0 Å². The van der Waals surface area contributed by atoms with E-state index in [9.17, 15) is 0 Å². The smallest absolute Gasteiger partial charge is 0.0708 e. The fourth-order valence-electron chi connectivity index (χ4n) is 8.16. The molecule has 4 nitrogen and oxygen atoms in total. The molecule has 4 heterocycles. The van der Waals surface area contributed by atoms with E-state index in [4.69, 9.17) is 9.97 Å².